The third-order valence-corrected chi connectivity index (χ3v) is 15.2. The Bertz CT molecular complexity index is 857. The topological polar surface area (TPSA) is 258 Å². The molecule has 0 aromatic rings. The molecular weight excluding hydrogens is 608 g/mol. The summed E-state index contributed by atoms with van der Waals surface area (Å²) in [6.45, 7) is 10.8. The Morgan fingerprint density at radius 1 is 0.523 bits per heavy atom. The van der Waals surface area contributed by atoms with E-state index in [2.05, 4.69) is 41.5 Å². The highest BCUT2D eigenvalue weighted by Crippen LogP contribution is 2.43. The maximum Gasteiger partial charge on any atom is 0.200 e. The van der Waals surface area contributed by atoms with Crippen molar-refractivity contribution in [1.29, 1.82) is 0 Å². The lowest BCUT2D eigenvalue weighted by atomic mass is 9.96. The molecule has 17 heteroatoms. The summed E-state index contributed by atoms with van der Waals surface area (Å²) < 4.78 is 34.3. The van der Waals surface area contributed by atoms with Gasteiger partial charge in [-0.1, -0.05) is 41.5 Å². The molecule has 0 aromatic carbocycles. The highest BCUT2D eigenvalue weighted by Gasteiger charge is 2.54. The van der Waals surface area contributed by atoms with E-state index in [1.807, 2.05) is 0 Å². The zero-order valence-corrected chi connectivity index (χ0v) is 26.9. The van der Waals surface area contributed by atoms with Crippen LogP contribution in [0.4, 0.5) is 0 Å². The van der Waals surface area contributed by atoms with Crippen LogP contribution in [0.25, 0.3) is 0 Å². The van der Waals surface area contributed by atoms with Crippen molar-refractivity contribution in [1.82, 2.24) is 0 Å². The van der Waals surface area contributed by atoms with Crippen molar-refractivity contribution < 1.29 is 79.2 Å². The monoisotopic (exact) mass is 660 g/mol. The van der Waals surface area contributed by atoms with E-state index >= 15 is 0 Å². The lowest BCUT2D eigenvalue weighted by Crippen LogP contribution is -2.66. The maximum absolute atomic E-state index is 11.0. The van der Waals surface area contributed by atoms with Crippen LogP contribution in [0.5, 0.6) is 0 Å². The van der Waals surface area contributed by atoms with Crippen molar-refractivity contribution >= 4 is 8.32 Å². The fourth-order valence-electron chi connectivity index (χ4n) is 6.77. The molecule has 3 aliphatic rings. The van der Waals surface area contributed by atoms with Gasteiger partial charge in [-0.3, -0.25) is 0 Å². The molecule has 0 amide bonds. The Kier molecular flexibility index (Phi) is 13.5. The Hall–Kier alpha value is -0.423. The van der Waals surface area contributed by atoms with Gasteiger partial charge in [-0.25, -0.2) is 0 Å². The molecule has 3 heterocycles. The van der Waals surface area contributed by atoms with Crippen LogP contribution in [-0.2, 0) is 28.1 Å². The first-order chi connectivity index (χ1) is 20.5. The molecule has 0 aromatic heterocycles. The molecule has 16 nitrogen and oxygen atoms in total. The van der Waals surface area contributed by atoms with Gasteiger partial charge in [0, 0.05) is 0 Å². The van der Waals surface area contributed by atoms with E-state index in [1.54, 1.807) is 0 Å². The van der Waals surface area contributed by atoms with Gasteiger partial charge in [-0.15, -0.1) is 0 Å². The standard InChI is InChI=1S/C27H52O16Si/c1-10(2)44(11(3)4,12(5)6)38-9-15-16(30)17(31)21(35)26(41-15)43-24-14(8-29)40-27(22(36)19(24)33)42-23-13(7-28)39-25(37)20(34)18(23)32/h10-37H,7-9H2,1-6H3/t13-,14-,15-,16-,17+,18-,19-,20-,21-,22-,23-,24-,25-,26-,27-/m1/s1. The molecule has 15 atom stereocenters. The molecule has 0 bridgehead atoms. The van der Waals surface area contributed by atoms with Crippen LogP contribution in [-0.4, -0.2) is 171 Å². The lowest BCUT2D eigenvalue weighted by molar-refractivity contribution is -0.377. The van der Waals surface area contributed by atoms with E-state index in [-0.39, 0.29) is 23.2 Å². The first-order valence-corrected chi connectivity index (χ1v) is 17.2. The van der Waals surface area contributed by atoms with E-state index in [1.165, 1.54) is 0 Å². The first-order valence-electron chi connectivity index (χ1n) is 15.1. The van der Waals surface area contributed by atoms with Crippen LogP contribution in [0.15, 0.2) is 0 Å². The Morgan fingerprint density at radius 2 is 0.932 bits per heavy atom. The van der Waals surface area contributed by atoms with Gasteiger partial charge in [-0.05, 0) is 16.6 Å². The van der Waals surface area contributed by atoms with E-state index in [0.717, 1.165) is 0 Å². The largest absolute Gasteiger partial charge is 0.413 e. The number of rotatable bonds is 12. The van der Waals surface area contributed by atoms with Crippen LogP contribution in [0.1, 0.15) is 41.5 Å². The van der Waals surface area contributed by atoms with Crippen molar-refractivity contribution in [2.45, 2.75) is 150 Å². The van der Waals surface area contributed by atoms with Gasteiger partial charge in [0.05, 0.1) is 19.8 Å². The minimum Gasteiger partial charge on any atom is -0.413 e. The molecule has 260 valence electrons. The highest BCUT2D eigenvalue weighted by molar-refractivity contribution is 6.77. The van der Waals surface area contributed by atoms with Gasteiger partial charge >= 0.3 is 0 Å². The molecule has 0 spiro atoms. The van der Waals surface area contributed by atoms with E-state index in [4.69, 9.17) is 28.1 Å². The van der Waals surface area contributed by atoms with Crippen LogP contribution in [0.3, 0.4) is 0 Å². The minimum absolute atomic E-state index is 0.115. The van der Waals surface area contributed by atoms with Gasteiger partial charge < -0.3 is 79.2 Å². The first kappa shape index (κ1) is 38.0. The van der Waals surface area contributed by atoms with Crippen molar-refractivity contribution in [3.63, 3.8) is 0 Å². The van der Waals surface area contributed by atoms with Gasteiger partial charge in [0.1, 0.15) is 73.2 Å². The van der Waals surface area contributed by atoms with Gasteiger partial charge in [0.25, 0.3) is 0 Å². The number of aliphatic hydroxyl groups is 10. The van der Waals surface area contributed by atoms with E-state index in [0.29, 0.717) is 0 Å². The zero-order chi connectivity index (χ0) is 33.3. The number of hydrogen-bond acceptors (Lipinski definition) is 16. The average Bonchev–Trinajstić information content (AvgIpc) is 2.97. The fourth-order valence-corrected chi connectivity index (χ4v) is 12.2. The summed E-state index contributed by atoms with van der Waals surface area (Å²) in [5.74, 6) is 0. The number of ether oxygens (including phenoxy) is 5. The second kappa shape index (κ2) is 15.7. The van der Waals surface area contributed by atoms with Crippen molar-refractivity contribution in [2.75, 3.05) is 19.8 Å². The molecule has 0 unspecified atom stereocenters. The number of aliphatic hydroxyl groups excluding tert-OH is 10. The smallest absolute Gasteiger partial charge is 0.200 e. The van der Waals surface area contributed by atoms with Crippen LogP contribution in [0, 0.1) is 0 Å². The second-order valence-corrected chi connectivity index (χ2v) is 18.2. The Morgan fingerprint density at radius 3 is 1.39 bits per heavy atom. The van der Waals surface area contributed by atoms with Crippen LogP contribution < -0.4 is 0 Å². The summed E-state index contributed by atoms with van der Waals surface area (Å²) in [4.78, 5) is 0. The van der Waals surface area contributed by atoms with Gasteiger partial charge in [0.2, 0.25) is 0 Å². The summed E-state index contributed by atoms with van der Waals surface area (Å²) >= 11 is 0. The molecule has 3 aliphatic heterocycles. The van der Waals surface area contributed by atoms with E-state index < -0.39 is 114 Å². The normalized spacial score (nSPS) is 44.1. The Balaban J connectivity index is 1.74. The predicted molar refractivity (Wildman–Crippen MR) is 151 cm³/mol. The molecule has 0 aliphatic carbocycles. The summed E-state index contributed by atoms with van der Waals surface area (Å²) in [7, 11) is -2.42. The van der Waals surface area contributed by atoms with Crippen LogP contribution in [0.2, 0.25) is 16.6 Å². The van der Waals surface area contributed by atoms with Crippen molar-refractivity contribution in [3.05, 3.63) is 0 Å². The Labute approximate surface area is 257 Å². The minimum atomic E-state index is -2.42. The number of hydrogen-bond donors (Lipinski definition) is 10. The van der Waals surface area contributed by atoms with Gasteiger partial charge in [0.15, 0.2) is 27.2 Å². The summed E-state index contributed by atoms with van der Waals surface area (Å²) in [6.07, 6.45) is -24.6. The predicted octanol–water partition coefficient (Wildman–Crippen LogP) is -3.37. The lowest BCUT2D eigenvalue weighted by Gasteiger charge is -2.48. The molecule has 44 heavy (non-hydrogen) atoms. The molecular formula is C27H52O16Si. The summed E-state index contributed by atoms with van der Waals surface area (Å²) in [5.41, 5.74) is 0.638. The highest BCUT2D eigenvalue weighted by atomic mass is 28.4. The zero-order valence-electron chi connectivity index (χ0n) is 25.9. The molecule has 0 saturated carbocycles. The molecule has 3 saturated heterocycles. The third kappa shape index (κ3) is 7.49. The molecule has 0 radical (unpaired) electrons. The van der Waals surface area contributed by atoms with Crippen LogP contribution >= 0.6 is 0 Å². The van der Waals surface area contributed by atoms with Crippen molar-refractivity contribution in [3.8, 4) is 0 Å². The third-order valence-electron chi connectivity index (χ3n) is 9.12. The van der Waals surface area contributed by atoms with E-state index in [9.17, 15) is 51.1 Å². The SMILES string of the molecule is CC(C)[Si](OC[C@H]1O[C@H](O[C@H]2[C@H](O)[C@@H](O)[C@@H](O[C@H]3[C@H](O)[C@@H](O)[C@H](O)O[C@@H]3CO)O[C@@H]2CO)[C@H](O)[C@@H](O)[C@@H]1O)(C(C)C)C(C)C. The van der Waals surface area contributed by atoms with Crippen molar-refractivity contribution in [2.24, 2.45) is 0 Å². The maximum atomic E-state index is 11.0. The average molecular weight is 661 g/mol. The fraction of sp³-hybridized carbons (Fsp3) is 1.00. The summed E-state index contributed by atoms with van der Waals surface area (Å²) in [5, 5.41) is 104. The quantitative estimate of drug-likeness (QED) is 0.0916. The summed E-state index contributed by atoms with van der Waals surface area (Å²) in [6, 6.07) is 0. The molecule has 3 fully saturated rings. The van der Waals surface area contributed by atoms with Gasteiger partial charge in [-0.2, -0.15) is 0 Å². The molecule has 3 rings (SSSR count). The second-order valence-electron chi connectivity index (χ2n) is 12.8. The molecule has 10 N–H and O–H groups in total.